The Hall–Kier alpha value is -3.07. The van der Waals surface area contributed by atoms with Gasteiger partial charge in [0.05, 0.1) is 31.0 Å². The Balaban J connectivity index is 2.18. The predicted molar refractivity (Wildman–Crippen MR) is 108 cm³/mol. The number of likely N-dealkylation sites (N-methyl/N-ethyl adjacent to an activating group) is 1. The lowest BCUT2D eigenvalue weighted by atomic mass is 10.0. The van der Waals surface area contributed by atoms with Crippen LogP contribution in [0.15, 0.2) is 18.2 Å². The molecule has 2 N–H and O–H groups in total. The third-order valence-corrected chi connectivity index (χ3v) is 4.98. The summed E-state index contributed by atoms with van der Waals surface area (Å²) in [7, 11) is 1.26. The van der Waals surface area contributed by atoms with Crippen molar-refractivity contribution in [3.8, 4) is 0 Å². The number of para-hydroxylation sites is 1. The van der Waals surface area contributed by atoms with Crippen LogP contribution in [0, 0.1) is 25.5 Å². The first kappa shape index (κ1) is 23.2. The van der Waals surface area contributed by atoms with Crippen molar-refractivity contribution in [2.45, 2.75) is 33.7 Å². The van der Waals surface area contributed by atoms with Crippen molar-refractivity contribution in [3.05, 3.63) is 52.3 Å². The van der Waals surface area contributed by atoms with E-state index in [1.807, 2.05) is 0 Å². The van der Waals surface area contributed by atoms with Crippen LogP contribution in [-0.4, -0.2) is 53.8 Å². The number of ketones is 1. The SMILES string of the molecule is CCN(CC(=O)Nc1c(F)cccc1F)C(C)C(=O)c1[nH]c(C)c(C(=O)OC)c1C. The maximum absolute atomic E-state index is 13.8. The first-order valence-electron chi connectivity index (χ1n) is 9.41. The summed E-state index contributed by atoms with van der Waals surface area (Å²) in [6, 6.07) is 2.55. The van der Waals surface area contributed by atoms with Crippen molar-refractivity contribution in [3.63, 3.8) is 0 Å². The third-order valence-electron chi connectivity index (χ3n) is 4.98. The normalized spacial score (nSPS) is 12.0. The maximum atomic E-state index is 13.8. The molecular weight excluding hydrogens is 396 g/mol. The summed E-state index contributed by atoms with van der Waals surface area (Å²) in [5, 5.41) is 2.21. The molecule has 1 aromatic heterocycles. The molecule has 1 atom stereocenters. The van der Waals surface area contributed by atoms with Crippen LogP contribution in [0.2, 0.25) is 0 Å². The number of nitrogens with one attached hydrogen (secondary N) is 2. The number of rotatable bonds is 8. The van der Waals surface area contributed by atoms with E-state index in [4.69, 9.17) is 4.74 Å². The average molecular weight is 421 g/mol. The van der Waals surface area contributed by atoms with E-state index in [2.05, 4.69) is 10.3 Å². The Morgan fingerprint density at radius 3 is 2.33 bits per heavy atom. The number of anilines is 1. The summed E-state index contributed by atoms with van der Waals surface area (Å²) in [6.07, 6.45) is 0. The topological polar surface area (TPSA) is 91.5 Å². The molecule has 0 radical (unpaired) electrons. The van der Waals surface area contributed by atoms with Gasteiger partial charge in [0.1, 0.15) is 17.3 Å². The molecule has 0 aliphatic carbocycles. The monoisotopic (exact) mass is 421 g/mol. The summed E-state index contributed by atoms with van der Waals surface area (Å²) in [5.74, 6) is -3.30. The summed E-state index contributed by atoms with van der Waals surface area (Å²) in [5.41, 5.74) is 0.982. The van der Waals surface area contributed by atoms with Crippen LogP contribution >= 0.6 is 0 Å². The predicted octanol–water partition coefficient (Wildman–Crippen LogP) is 3.23. The lowest BCUT2D eigenvalue weighted by Gasteiger charge is -2.26. The van der Waals surface area contributed by atoms with Crippen molar-refractivity contribution >= 4 is 23.3 Å². The summed E-state index contributed by atoms with van der Waals surface area (Å²) < 4.78 is 32.3. The molecule has 162 valence electrons. The summed E-state index contributed by atoms with van der Waals surface area (Å²) in [6.45, 7) is 6.76. The molecular formula is C21H25F2N3O4. The van der Waals surface area contributed by atoms with Gasteiger partial charge in [-0.15, -0.1) is 0 Å². The molecule has 1 heterocycles. The number of hydrogen-bond acceptors (Lipinski definition) is 5. The molecule has 30 heavy (non-hydrogen) atoms. The highest BCUT2D eigenvalue weighted by Crippen LogP contribution is 2.22. The largest absolute Gasteiger partial charge is 0.465 e. The number of esters is 1. The van der Waals surface area contributed by atoms with Gasteiger partial charge >= 0.3 is 5.97 Å². The molecule has 0 spiro atoms. The van der Waals surface area contributed by atoms with Crippen molar-refractivity contribution in [1.29, 1.82) is 0 Å². The van der Waals surface area contributed by atoms with E-state index in [0.29, 0.717) is 23.4 Å². The smallest absolute Gasteiger partial charge is 0.339 e. The van der Waals surface area contributed by atoms with Gasteiger partial charge in [-0.2, -0.15) is 0 Å². The molecule has 7 nitrogen and oxygen atoms in total. The molecule has 1 amide bonds. The van der Waals surface area contributed by atoms with Gasteiger partial charge in [0.2, 0.25) is 5.91 Å². The van der Waals surface area contributed by atoms with E-state index in [-0.39, 0.29) is 18.0 Å². The number of aromatic amines is 1. The quantitative estimate of drug-likeness (QED) is 0.504. The highest BCUT2D eigenvalue weighted by molar-refractivity contribution is 6.04. The highest BCUT2D eigenvalue weighted by atomic mass is 19.1. The fourth-order valence-electron chi connectivity index (χ4n) is 3.28. The van der Waals surface area contributed by atoms with Gasteiger partial charge in [-0.25, -0.2) is 13.6 Å². The highest BCUT2D eigenvalue weighted by Gasteiger charge is 2.29. The third kappa shape index (κ3) is 4.73. The number of aryl methyl sites for hydroxylation is 1. The molecule has 1 aromatic carbocycles. The molecule has 0 aliphatic heterocycles. The first-order valence-corrected chi connectivity index (χ1v) is 9.41. The van der Waals surface area contributed by atoms with Gasteiger partial charge in [0.25, 0.3) is 0 Å². The molecule has 2 rings (SSSR count). The minimum atomic E-state index is -0.886. The number of amides is 1. The van der Waals surface area contributed by atoms with Crippen molar-refractivity contribution in [2.24, 2.45) is 0 Å². The number of H-pyrrole nitrogens is 1. The van der Waals surface area contributed by atoms with E-state index in [0.717, 1.165) is 12.1 Å². The summed E-state index contributed by atoms with van der Waals surface area (Å²) in [4.78, 5) is 41.8. The Kier molecular flexibility index (Phi) is 7.44. The number of carbonyl (C=O) groups excluding carboxylic acids is 3. The lowest BCUT2D eigenvalue weighted by molar-refractivity contribution is -0.117. The van der Waals surface area contributed by atoms with Crippen LogP contribution in [-0.2, 0) is 9.53 Å². The Bertz CT molecular complexity index is 951. The van der Waals surface area contributed by atoms with Crippen LogP contribution in [0.25, 0.3) is 0 Å². The van der Waals surface area contributed by atoms with Crippen LogP contribution in [0.4, 0.5) is 14.5 Å². The second-order valence-electron chi connectivity index (χ2n) is 6.86. The molecule has 1 unspecified atom stereocenters. The van der Waals surface area contributed by atoms with Gasteiger partial charge in [-0.1, -0.05) is 13.0 Å². The molecule has 0 saturated heterocycles. The molecule has 0 saturated carbocycles. The zero-order chi connectivity index (χ0) is 22.6. The van der Waals surface area contributed by atoms with Crippen LogP contribution in [0.3, 0.4) is 0 Å². The maximum Gasteiger partial charge on any atom is 0.339 e. The van der Waals surface area contributed by atoms with Crippen LogP contribution in [0.5, 0.6) is 0 Å². The number of carbonyl (C=O) groups is 3. The second kappa shape index (κ2) is 9.62. The van der Waals surface area contributed by atoms with E-state index in [1.54, 1.807) is 32.6 Å². The molecule has 9 heteroatoms. The minimum absolute atomic E-state index is 0.249. The fraction of sp³-hybridized carbons (Fsp3) is 0.381. The number of Topliss-reactive ketones (excluding diaryl/α,β-unsaturated/α-hetero) is 1. The molecule has 0 bridgehead atoms. The van der Waals surface area contributed by atoms with Gasteiger partial charge in [0.15, 0.2) is 5.78 Å². The zero-order valence-electron chi connectivity index (χ0n) is 17.6. The van der Waals surface area contributed by atoms with Gasteiger partial charge < -0.3 is 15.0 Å². The standard InChI is InChI=1S/C21H25F2N3O4/c1-6-26(10-16(27)25-19-14(22)8-7-9-15(19)23)13(4)20(28)18-11(2)17(12(3)24-18)21(29)30-5/h7-9,13,24H,6,10H2,1-5H3,(H,25,27). The number of methoxy groups -OCH3 is 1. The van der Waals surface area contributed by atoms with E-state index < -0.39 is 35.2 Å². The molecule has 0 aliphatic rings. The van der Waals surface area contributed by atoms with E-state index in [9.17, 15) is 23.2 Å². The average Bonchev–Trinajstić information content (AvgIpc) is 3.01. The Morgan fingerprint density at radius 2 is 1.80 bits per heavy atom. The van der Waals surface area contributed by atoms with Crippen LogP contribution < -0.4 is 5.32 Å². The van der Waals surface area contributed by atoms with Crippen LogP contribution in [0.1, 0.15) is 46.0 Å². The van der Waals surface area contributed by atoms with E-state index in [1.165, 1.54) is 13.2 Å². The Morgan fingerprint density at radius 1 is 1.20 bits per heavy atom. The Labute approximate surface area is 173 Å². The number of halogens is 2. The van der Waals surface area contributed by atoms with Crippen molar-refractivity contribution < 1.29 is 27.9 Å². The van der Waals surface area contributed by atoms with Crippen molar-refractivity contribution in [2.75, 3.05) is 25.5 Å². The number of ether oxygens (including phenoxy) is 1. The first-order chi connectivity index (χ1) is 14.1. The molecule has 0 fully saturated rings. The lowest BCUT2D eigenvalue weighted by Crippen LogP contribution is -2.43. The van der Waals surface area contributed by atoms with Gasteiger partial charge in [0, 0.05) is 5.69 Å². The number of hydrogen-bond donors (Lipinski definition) is 2. The number of nitrogens with zero attached hydrogens (tertiary/aromatic N) is 1. The second-order valence-corrected chi connectivity index (χ2v) is 6.86. The van der Waals surface area contributed by atoms with Gasteiger partial charge in [-0.05, 0) is 45.0 Å². The van der Waals surface area contributed by atoms with E-state index >= 15 is 0 Å². The number of aromatic nitrogens is 1. The van der Waals surface area contributed by atoms with Gasteiger partial charge in [-0.3, -0.25) is 14.5 Å². The van der Waals surface area contributed by atoms with Crippen molar-refractivity contribution in [1.82, 2.24) is 9.88 Å². The zero-order valence-corrected chi connectivity index (χ0v) is 17.6. The molecule has 2 aromatic rings. The number of benzene rings is 1. The minimum Gasteiger partial charge on any atom is -0.465 e. The summed E-state index contributed by atoms with van der Waals surface area (Å²) >= 11 is 0. The fourth-order valence-corrected chi connectivity index (χ4v) is 3.28.